The van der Waals surface area contributed by atoms with Gasteiger partial charge < -0.3 is 5.32 Å². The average Bonchev–Trinajstić information content (AvgIpc) is 3.26. The minimum Gasteiger partial charge on any atom is -0.324 e. The zero-order valence-corrected chi connectivity index (χ0v) is 17.6. The van der Waals surface area contributed by atoms with Crippen molar-refractivity contribution in [3.05, 3.63) is 65.7 Å². The molecule has 2 bridgehead atoms. The first-order chi connectivity index (χ1) is 15.5. The van der Waals surface area contributed by atoms with E-state index in [-0.39, 0.29) is 41.3 Å². The van der Waals surface area contributed by atoms with E-state index in [1.807, 2.05) is 24.3 Å². The smallest absolute Gasteiger partial charge is 0.247 e. The number of allylic oxidation sites excluding steroid dienone is 2. The first-order valence-electron chi connectivity index (χ1n) is 11.1. The second-order valence-corrected chi connectivity index (χ2v) is 9.19. The van der Waals surface area contributed by atoms with E-state index in [0.717, 1.165) is 28.9 Å². The molecule has 3 amide bonds. The van der Waals surface area contributed by atoms with Crippen LogP contribution in [0.1, 0.15) is 35.7 Å². The molecule has 1 aliphatic heterocycles. The standard InChI is InChI=1S/C26H22N2O4/c1-13(28-25(31)21-14-6-7-15(9-8-14)22(21)26(28)32)24(30)27-16-10-11-18-17-4-2-3-5-19(17)23(29)20(18)12-16/h2-7,10-15,21-22H,8-9H2,1H3,(H,27,30)/t13-,14+,15+,21-,22+/m1/s1. The SMILES string of the molecule is C[C@H](C(=O)Nc1ccc2c(c1)C(=O)c1ccccc1-2)N1C(=O)[C@@H]2[C@H](C1=O)[C@H]1C=C[C@H]2CC1. The number of ketones is 1. The molecular weight excluding hydrogens is 404 g/mol. The Bertz CT molecular complexity index is 1210. The van der Waals surface area contributed by atoms with Crippen molar-refractivity contribution in [3.8, 4) is 11.1 Å². The van der Waals surface area contributed by atoms with Gasteiger partial charge in [0.25, 0.3) is 0 Å². The number of anilines is 1. The van der Waals surface area contributed by atoms with E-state index in [1.54, 1.807) is 25.1 Å². The lowest BCUT2D eigenvalue weighted by atomic mass is 9.63. The Hall–Kier alpha value is -3.54. The quantitative estimate of drug-likeness (QED) is 0.514. The number of rotatable bonds is 3. The van der Waals surface area contributed by atoms with Gasteiger partial charge in [-0.05, 0) is 54.9 Å². The molecule has 0 aromatic heterocycles. The lowest BCUT2D eigenvalue weighted by Gasteiger charge is -2.38. The Balaban J connectivity index is 1.23. The zero-order valence-electron chi connectivity index (χ0n) is 17.6. The molecule has 1 heterocycles. The number of carbonyl (C=O) groups is 4. The van der Waals surface area contributed by atoms with Crippen LogP contribution < -0.4 is 5.32 Å². The van der Waals surface area contributed by atoms with Crippen molar-refractivity contribution in [2.75, 3.05) is 5.32 Å². The van der Waals surface area contributed by atoms with Gasteiger partial charge in [0.2, 0.25) is 17.7 Å². The summed E-state index contributed by atoms with van der Waals surface area (Å²) in [5.41, 5.74) is 3.39. The first-order valence-corrected chi connectivity index (χ1v) is 11.1. The van der Waals surface area contributed by atoms with Gasteiger partial charge in [-0.25, -0.2) is 0 Å². The number of benzene rings is 2. The van der Waals surface area contributed by atoms with E-state index in [1.165, 1.54) is 0 Å². The van der Waals surface area contributed by atoms with Crippen molar-refractivity contribution in [2.24, 2.45) is 23.7 Å². The van der Waals surface area contributed by atoms with E-state index >= 15 is 0 Å². The molecule has 4 aliphatic carbocycles. The summed E-state index contributed by atoms with van der Waals surface area (Å²) in [6.45, 7) is 1.59. The second kappa shape index (κ2) is 6.73. The molecule has 6 nitrogen and oxygen atoms in total. The Kier molecular flexibility index (Phi) is 4.03. The summed E-state index contributed by atoms with van der Waals surface area (Å²) < 4.78 is 0. The third kappa shape index (κ3) is 2.52. The molecule has 6 heteroatoms. The van der Waals surface area contributed by atoms with Crippen LogP contribution in [0.5, 0.6) is 0 Å². The Morgan fingerprint density at radius 1 is 0.875 bits per heavy atom. The van der Waals surface area contributed by atoms with Crippen LogP contribution in [-0.4, -0.2) is 34.4 Å². The van der Waals surface area contributed by atoms with Crippen molar-refractivity contribution in [2.45, 2.75) is 25.8 Å². The molecule has 2 fully saturated rings. The molecule has 5 aliphatic rings. The van der Waals surface area contributed by atoms with Gasteiger partial charge in [-0.3, -0.25) is 24.1 Å². The topological polar surface area (TPSA) is 83.6 Å². The number of amides is 3. The molecule has 32 heavy (non-hydrogen) atoms. The van der Waals surface area contributed by atoms with E-state index in [2.05, 4.69) is 17.5 Å². The Labute approximate surface area is 185 Å². The highest BCUT2D eigenvalue weighted by Crippen LogP contribution is 2.50. The summed E-state index contributed by atoms with van der Waals surface area (Å²) in [6.07, 6.45) is 5.96. The summed E-state index contributed by atoms with van der Waals surface area (Å²) in [4.78, 5) is 53.1. The normalized spacial score (nSPS) is 27.9. The van der Waals surface area contributed by atoms with Crippen molar-refractivity contribution >= 4 is 29.2 Å². The minimum absolute atomic E-state index is 0.0725. The van der Waals surface area contributed by atoms with Crippen LogP contribution in [0.3, 0.4) is 0 Å². The predicted molar refractivity (Wildman–Crippen MR) is 118 cm³/mol. The maximum Gasteiger partial charge on any atom is 0.247 e. The van der Waals surface area contributed by atoms with Crippen molar-refractivity contribution in [1.82, 2.24) is 4.90 Å². The van der Waals surface area contributed by atoms with E-state index < -0.39 is 11.9 Å². The molecule has 5 atom stereocenters. The van der Waals surface area contributed by atoms with Crippen LogP contribution in [0.4, 0.5) is 5.69 Å². The summed E-state index contributed by atoms with van der Waals surface area (Å²) in [7, 11) is 0. The van der Waals surface area contributed by atoms with Crippen molar-refractivity contribution in [3.63, 3.8) is 0 Å². The fourth-order valence-corrected chi connectivity index (χ4v) is 5.95. The summed E-state index contributed by atoms with van der Waals surface area (Å²) in [6, 6.07) is 11.7. The number of nitrogens with zero attached hydrogens (tertiary/aromatic N) is 1. The highest BCUT2D eigenvalue weighted by Gasteiger charge is 2.58. The lowest BCUT2D eigenvalue weighted by Crippen LogP contribution is -2.46. The van der Waals surface area contributed by atoms with Crippen LogP contribution in [-0.2, 0) is 14.4 Å². The Morgan fingerprint density at radius 2 is 1.47 bits per heavy atom. The van der Waals surface area contributed by atoms with Gasteiger partial charge >= 0.3 is 0 Å². The molecule has 7 rings (SSSR count). The van der Waals surface area contributed by atoms with Gasteiger partial charge in [-0.2, -0.15) is 0 Å². The van der Waals surface area contributed by atoms with E-state index in [0.29, 0.717) is 16.8 Å². The van der Waals surface area contributed by atoms with Crippen LogP contribution in [0.15, 0.2) is 54.6 Å². The number of nitrogens with one attached hydrogen (secondary N) is 1. The number of hydrogen-bond donors (Lipinski definition) is 1. The lowest BCUT2D eigenvalue weighted by molar-refractivity contribution is -0.146. The molecule has 0 spiro atoms. The van der Waals surface area contributed by atoms with Gasteiger partial charge in [0, 0.05) is 16.8 Å². The molecule has 0 radical (unpaired) electrons. The van der Waals surface area contributed by atoms with E-state index in [4.69, 9.17) is 0 Å². The third-order valence-corrected chi connectivity index (χ3v) is 7.55. The maximum atomic E-state index is 13.1. The molecule has 2 aromatic carbocycles. The number of carbonyl (C=O) groups excluding carboxylic acids is 4. The van der Waals surface area contributed by atoms with E-state index in [9.17, 15) is 19.2 Å². The Morgan fingerprint density at radius 3 is 2.09 bits per heavy atom. The molecule has 1 N–H and O–H groups in total. The average molecular weight is 426 g/mol. The summed E-state index contributed by atoms with van der Waals surface area (Å²) >= 11 is 0. The molecule has 1 saturated carbocycles. The van der Waals surface area contributed by atoms with Crippen LogP contribution >= 0.6 is 0 Å². The van der Waals surface area contributed by atoms with Crippen LogP contribution in [0.2, 0.25) is 0 Å². The number of imide groups is 1. The minimum atomic E-state index is -0.916. The first kappa shape index (κ1) is 19.2. The fourth-order valence-electron chi connectivity index (χ4n) is 5.95. The van der Waals surface area contributed by atoms with Gasteiger partial charge in [0.1, 0.15) is 6.04 Å². The number of hydrogen-bond acceptors (Lipinski definition) is 4. The monoisotopic (exact) mass is 426 g/mol. The number of likely N-dealkylation sites (tertiary alicyclic amines) is 1. The maximum absolute atomic E-state index is 13.1. The largest absolute Gasteiger partial charge is 0.324 e. The van der Waals surface area contributed by atoms with Gasteiger partial charge in [-0.15, -0.1) is 0 Å². The van der Waals surface area contributed by atoms with Crippen molar-refractivity contribution < 1.29 is 19.2 Å². The molecular formula is C26H22N2O4. The van der Waals surface area contributed by atoms with Gasteiger partial charge in [0.15, 0.2) is 5.78 Å². The molecule has 1 saturated heterocycles. The van der Waals surface area contributed by atoms with Gasteiger partial charge in [-0.1, -0.05) is 42.5 Å². The van der Waals surface area contributed by atoms with Gasteiger partial charge in [0.05, 0.1) is 11.8 Å². The summed E-state index contributed by atoms with van der Waals surface area (Å²) in [5, 5.41) is 2.80. The highest BCUT2D eigenvalue weighted by molar-refractivity contribution is 6.22. The zero-order chi connectivity index (χ0) is 22.1. The van der Waals surface area contributed by atoms with Crippen molar-refractivity contribution in [1.29, 1.82) is 0 Å². The second-order valence-electron chi connectivity index (χ2n) is 9.19. The van der Waals surface area contributed by atoms with Crippen LogP contribution in [0, 0.1) is 23.7 Å². The number of fused-ring (bicyclic) bond motifs is 4. The van der Waals surface area contributed by atoms with Crippen LogP contribution in [0.25, 0.3) is 11.1 Å². The predicted octanol–water partition coefficient (Wildman–Crippen LogP) is 3.42. The molecule has 0 unspecified atom stereocenters. The summed E-state index contributed by atoms with van der Waals surface area (Å²) in [5.74, 6) is -1.47. The third-order valence-electron chi connectivity index (χ3n) is 7.55. The molecule has 160 valence electrons. The fraction of sp³-hybridized carbons (Fsp3) is 0.308. The molecule has 2 aromatic rings. The highest BCUT2D eigenvalue weighted by atomic mass is 16.2.